The Morgan fingerprint density at radius 2 is 1.40 bits per heavy atom. The smallest absolute Gasteiger partial charge is 0.162 e. The molecule has 0 spiro atoms. The first-order chi connectivity index (χ1) is 27.0. The Kier molecular flexibility index (Phi) is 15.6. The predicted octanol–water partition coefficient (Wildman–Crippen LogP) is 14.8. The van der Waals surface area contributed by atoms with Crippen LogP contribution in [-0.2, 0) is 36.7 Å². The number of aromatic nitrogens is 1. The number of ketones is 1. The molecule has 0 amide bonds. The summed E-state index contributed by atoms with van der Waals surface area (Å²) >= 11 is 1.52. The van der Waals surface area contributed by atoms with Crippen LogP contribution in [0.1, 0.15) is 116 Å². The molecule has 6 rings (SSSR count). The van der Waals surface area contributed by atoms with E-state index in [1.54, 1.807) is 0 Å². The van der Waals surface area contributed by atoms with E-state index in [1.165, 1.54) is 33.9 Å². The van der Waals surface area contributed by atoms with E-state index in [-0.39, 0.29) is 54.7 Å². The number of hydrogen-bond acceptors (Lipinski definition) is 3. The van der Waals surface area contributed by atoms with Gasteiger partial charge in [-0.1, -0.05) is 116 Å². The van der Waals surface area contributed by atoms with Crippen molar-refractivity contribution in [3.05, 3.63) is 126 Å². The molecule has 6 heteroatoms. The number of carbonyl (C=O) groups is 1. The Morgan fingerprint density at radius 3 is 1.95 bits per heavy atom. The largest absolute Gasteiger partial charge is 0.512 e. The predicted molar refractivity (Wildman–Crippen MR) is 244 cm³/mol. The summed E-state index contributed by atoms with van der Waals surface area (Å²) in [5, 5.41) is 14.1. The summed E-state index contributed by atoms with van der Waals surface area (Å²) in [6.07, 6.45) is 7.92. The van der Waals surface area contributed by atoms with Gasteiger partial charge in [-0.15, -0.1) is 34.4 Å². The van der Waals surface area contributed by atoms with Crippen LogP contribution in [0.25, 0.3) is 53.3 Å². The van der Waals surface area contributed by atoms with Crippen molar-refractivity contribution in [1.29, 1.82) is 0 Å². The van der Waals surface area contributed by atoms with Crippen LogP contribution in [0.4, 0.5) is 4.39 Å². The summed E-state index contributed by atoms with van der Waals surface area (Å²) in [6, 6.07) is 21.3. The minimum absolute atomic E-state index is 0. The normalized spacial score (nSPS) is 12.2. The Hall–Kier alpha value is -3.96. The molecule has 1 N–H and O–H groups in total. The van der Waals surface area contributed by atoms with Crippen molar-refractivity contribution in [2.75, 3.05) is 0 Å². The topological polar surface area (TPSA) is 41.2 Å². The van der Waals surface area contributed by atoms with E-state index in [0.717, 1.165) is 86.5 Å². The summed E-state index contributed by atoms with van der Waals surface area (Å²) < 4.78 is 20.2. The molecule has 0 saturated heterocycles. The Bertz CT molecular complexity index is 2420. The van der Waals surface area contributed by atoms with Crippen molar-refractivity contribution in [3.8, 4) is 22.4 Å². The van der Waals surface area contributed by atoms with Crippen LogP contribution in [-0.4, -0.2) is 10.9 Å². The van der Waals surface area contributed by atoms with Gasteiger partial charge in [-0.2, -0.15) is 12.5 Å². The SMILES string of the molecule is CCC(CC)C(=O)/C=C(\O)C(CC)CC.[CH2-]c1c(-c2c3sc4c(F)c(-c5c(C)cc(CC(C)C)cc5C)ccc4c3cc[n+]2[CH2-])cc(C(C)(C)C)c2ccccc12.[Ir]. The second-order valence-electron chi connectivity index (χ2n) is 17.2. The number of thiophene rings is 1. The third kappa shape index (κ3) is 9.57. The van der Waals surface area contributed by atoms with Crippen molar-refractivity contribution in [3.63, 3.8) is 0 Å². The van der Waals surface area contributed by atoms with Crippen LogP contribution in [0.5, 0.6) is 0 Å². The fourth-order valence-corrected chi connectivity index (χ4v) is 9.75. The second kappa shape index (κ2) is 19.4. The Balaban J connectivity index is 0.000000398. The first kappa shape index (κ1) is 46.7. The van der Waals surface area contributed by atoms with Crippen LogP contribution in [0.2, 0.25) is 0 Å². The molecule has 0 saturated carbocycles. The molecule has 1 radical (unpaired) electrons. The fourth-order valence-electron chi connectivity index (χ4n) is 8.44. The molecule has 0 aliphatic carbocycles. The number of allylic oxidation sites excluding steroid dienone is 2. The molecule has 6 aromatic rings. The van der Waals surface area contributed by atoms with E-state index in [2.05, 4.69) is 117 Å². The second-order valence-corrected chi connectivity index (χ2v) is 18.3. The molecule has 0 bridgehead atoms. The molecule has 2 aromatic heterocycles. The summed E-state index contributed by atoms with van der Waals surface area (Å²) in [4.78, 5) is 11.7. The molecule has 0 aliphatic rings. The maximum atomic E-state index is 16.6. The number of nitrogens with zero attached hydrogens (tertiary/aromatic N) is 1. The zero-order chi connectivity index (χ0) is 41.9. The number of benzene rings is 4. The van der Waals surface area contributed by atoms with Gasteiger partial charge in [-0.25, -0.2) is 4.39 Å². The van der Waals surface area contributed by atoms with E-state index in [4.69, 9.17) is 0 Å². The summed E-state index contributed by atoms with van der Waals surface area (Å²) in [7, 11) is 4.37. The average Bonchev–Trinajstić information content (AvgIpc) is 3.53. The Labute approximate surface area is 365 Å². The maximum absolute atomic E-state index is 16.6. The third-order valence-electron chi connectivity index (χ3n) is 11.6. The van der Waals surface area contributed by atoms with Gasteiger partial charge in [-0.05, 0) is 91.0 Å². The van der Waals surface area contributed by atoms with Crippen LogP contribution >= 0.6 is 11.3 Å². The minimum Gasteiger partial charge on any atom is -0.512 e. The number of pyridine rings is 1. The van der Waals surface area contributed by atoms with Gasteiger partial charge in [0.1, 0.15) is 5.82 Å². The van der Waals surface area contributed by atoms with Crippen LogP contribution in [0.3, 0.4) is 0 Å². The number of aliphatic hydroxyl groups excluding tert-OH is 1. The number of rotatable bonds is 11. The molecule has 0 unspecified atom stereocenters. The molecule has 0 fully saturated rings. The van der Waals surface area contributed by atoms with Gasteiger partial charge >= 0.3 is 0 Å². The monoisotopic (exact) mass is 977 g/mol. The molecule has 311 valence electrons. The molecule has 58 heavy (non-hydrogen) atoms. The molecule has 2 heterocycles. The van der Waals surface area contributed by atoms with Crippen LogP contribution in [0, 0.1) is 51.4 Å². The maximum Gasteiger partial charge on any atom is 0.162 e. The number of halogens is 1. The van der Waals surface area contributed by atoms with Gasteiger partial charge in [0.15, 0.2) is 5.78 Å². The molecule has 4 aromatic carbocycles. The van der Waals surface area contributed by atoms with Crippen molar-refractivity contribution in [2.24, 2.45) is 17.8 Å². The van der Waals surface area contributed by atoms with Crippen molar-refractivity contribution in [1.82, 2.24) is 0 Å². The molecular weight excluding hydrogens is 914 g/mol. The third-order valence-corrected chi connectivity index (χ3v) is 12.8. The quantitative estimate of drug-likeness (QED) is 0.0608. The number of aryl methyl sites for hydroxylation is 2. The molecular formula is C52H63FIrNO2S-. The van der Waals surface area contributed by atoms with Gasteiger partial charge in [0.05, 0.1) is 22.3 Å². The molecule has 0 atom stereocenters. The van der Waals surface area contributed by atoms with Gasteiger partial charge in [0.2, 0.25) is 0 Å². The summed E-state index contributed by atoms with van der Waals surface area (Å²) in [6.45, 7) is 28.0. The first-order valence-electron chi connectivity index (χ1n) is 20.8. The van der Waals surface area contributed by atoms with Crippen molar-refractivity contribution < 1.29 is 39.0 Å². The summed E-state index contributed by atoms with van der Waals surface area (Å²) in [5.41, 5.74) is 9.39. The first-order valence-corrected chi connectivity index (χ1v) is 21.6. The van der Waals surface area contributed by atoms with E-state index in [0.29, 0.717) is 16.2 Å². The van der Waals surface area contributed by atoms with E-state index < -0.39 is 0 Å². The van der Waals surface area contributed by atoms with Crippen LogP contribution in [0.15, 0.2) is 78.7 Å². The summed E-state index contributed by atoms with van der Waals surface area (Å²) in [5.74, 6) is 0.972. The number of aliphatic hydroxyl groups is 1. The van der Waals surface area contributed by atoms with Gasteiger partial charge in [-0.3, -0.25) is 4.79 Å². The van der Waals surface area contributed by atoms with Gasteiger partial charge in [0, 0.05) is 60.7 Å². The zero-order valence-corrected chi connectivity index (χ0v) is 39.7. The zero-order valence-electron chi connectivity index (χ0n) is 36.5. The van der Waals surface area contributed by atoms with Gasteiger partial charge < -0.3 is 9.67 Å². The number of hydrogen-bond donors (Lipinski definition) is 1. The standard InChI is InChI=1S/C39H39FNS.C13H24O2.Ir/c1-22(2)18-26-19-23(3)34(24(4)20-26)31-15-14-29-30-16-17-41(9)36(38(30)42-37(29)35(31)40)32-21-33(39(6,7)8)28-13-11-10-12-27(28)25(32)5;1-5-10(6-2)12(14)9-13(15)11(7-3)8-4;/h10-17,19-22H,5,9,18H2,1-4,6-8H3;9-11,14H,5-8H2,1-4H3;/q-1;;/b;12-9-;. The Morgan fingerprint density at radius 1 is 0.828 bits per heavy atom. The van der Waals surface area contributed by atoms with Crippen molar-refractivity contribution >= 4 is 48.1 Å². The fraction of sp³-hybridized carbons (Fsp3) is 0.385. The number of carbonyl (C=O) groups excluding carboxylic acids is 1. The van der Waals surface area contributed by atoms with Crippen molar-refractivity contribution in [2.45, 2.75) is 114 Å². The van der Waals surface area contributed by atoms with E-state index >= 15 is 4.39 Å². The average molecular weight is 977 g/mol. The van der Waals surface area contributed by atoms with E-state index in [1.807, 2.05) is 44.5 Å². The molecule has 3 nitrogen and oxygen atoms in total. The number of fused-ring (bicyclic) bond motifs is 4. The van der Waals surface area contributed by atoms with Crippen LogP contribution < -0.4 is 4.57 Å². The molecule has 0 aliphatic heterocycles. The van der Waals surface area contributed by atoms with Gasteiger partial charge in [0.25, 0.3) is 0 Å². The minimum atomic E-state index is -0.151. The van der Waals surface area contributed by atoms with E-state index in [9.17, 15) is 9.90 Å².